The number of nitrogens with two attached hydrogens (primary N) is 1. The summed E-state index contributed by atoms with van der Waals surface area (Å²) in [6.07, 6.45) is 2.19. The molecule has 3 N–H and O–H groups in total. The Morgan fingerprint density at radius 2 is 2.28 bits per heavy atom. The monoisotopic (exact) mass is 258 g/mol. The second-order valence-electron chi connectivity index (χ2n) is 5.12. The van der Waals surface area contributed by atoms with Crippen LogP contribution in [-0.4, -0.2) is 43.4 Å². The van der Waals surface area contributed by atoms with Crippen molar-refractivity contribution in [2.75, 3.05) is 19.8 Å². The average molecular weight is 258 g/mol. The van der Waals surface area contributed by atoms with Gasteiger partial charge in [0.1, 0.15) is 11.7 Å². The van der Waals surface area contributed by atoms with Gasteiger partial charge in [-0.1, -0.05) is 6.92 Å². The first-order chi connectivity index (χ1) is 8.53. The van der Waals surface area contributed by atoms with Gasteiger partial charge in [-0.2, -0.15) is 0 Å². The predicted octanol–water partition coefficient (Wildman–Crippen LogP) is 0.814. The van der Waals surface area contributed by atoms with Gasteiger partial charge in [0.25, 0.3) is 0 Å². The van der Waals surface area contributed by atoms with Gasteiger partial charge in [0, 0.05) is 19.2 Å². The highest BCUT2D eigenvalue weighted by atomic mass is 16.6. The molecule has 18 heavy (non-hydrogen) atoms. The predicted molar refractivity (Wildman–Crippen MR) is 70.3 cm³/mol. The van der Waals surface area contributed by atoms with Crippen LogP contribution >= 0.6 is 0 Å². The highest BCUT2D eigenvalue weighted by Crippen LogP contribution is 2.24. The van der Waals surface area contributed by atoms with Crippen LogP contribution in [-0.2, 0) is 14.3 Å². The van der Waals surface area contributed by atoms with Crippen LogP contribution in [0.3, 0.4) is 0 Å². The molecule has 5 nitrogen and oxygen atoms in total. The maximum Gasteiger partial charge on any atom is 0.249 e. The number of hydrogen-bond donors (Lipinski definition) is 2. The molecule has 0 aromatic heterocycles. The topological polar surface area (TPSA) is 73.6 Å². The van der Waals surface area contributed by atoms with Crippen LogP contribution in [0, 0.1) is 0 Å². The van der Waals surface area contributed by atoms with E-state index >= 15 is 0 Å². The summed E-state index contributed by atoms with van der Waals surface area (Å²) in [5, 5.41) is 2.91. The van der Waals surface area contributed by atoms with E-state index in [4.69, 9.17) is 15.2 Å². The quantitative estimate of drug-likeness (QED) is 0.739. The van der Waals surface area contributed by atoms with Crippen molar-refractivity contribution in [3.8, 4) is 0 Å². The van der Waals surface area contributed by atoms with E-state index in [0.29, 0.717) is 13.2 Å². The molecule has 0 aromatic carbocycles. The van der Waals surface area contributed by atoms with Crippen LogP contribution in [0.15, 0.2) is 0 Å². The van der Waals surface area contributed by atoms with Crippen molar-refractivity contribution in [3.05, 3.63) is 0 Å². The number of carbonyl (C=O) groups is 1. The molecular formula is C13H26N2O3. The van der Waals surface area contributed by atoms with E-state index < -0.39 is 11.7 Å². The second-order valence-corrected chi connectivity index (χ2v) is 5.12. The zero-order chi connectivity index (χ0) is 13.6. The fourth-order valence-corrected chi connectivity index (χ4v) is 2.02. The Labute approximate surface area is 109 Å². The van der Waals surface area contributed by atoms with Gasteiger partial charge < -0.3 is 20.5 Å². The lowest BCUT2D eigenvalue weighted by Crippen LogP contribution is -2.52. The smallest absolute Gasteiger partial charge is 0.249 e. The Balaban J connectivity index is 2.50. The van der Waals surface area contributed by atoms with Crippen molar-refractivity contribution >= 4 is 5.91 Å². The molecule has 0 aromatic rings. The Morgan fingerprint density at radius 1 is 1.56 bits per heavy atom. The third-order valence-electron chi connectivity index (χ3n) is 3.46. The van der Waals surface area contributed by atoms with Crippen LogP contribution in [0.25, 0.3) is 0 Å². The first kappa shape index (κ1) is 15.4. The number of carbonyl (C=O) groups excluding carboxylic acids is 1. The van der Waals surface area contributed by atoms with Crippen LogP contribution in [0.4, 0.5) is 0 Å². The largest absolute Gasteiger partial charge is 0.378 e. The minimum Gasteiger partial charge on any atom is -0.378 e. The molecule has 1 aliphatic rings. The maximum atomic E-state index is 11.9. The lowest BCUT2D eigenvalue weighted by molar-refractivity contribution is -0.165. The number of amides is 1. The molecule has 1 aliphatic heterocycles. The van der Waals surface area contributed by atoms with Gasteiger partial charge in [0.15, 0.2) is 0 Å². The fourth-order valence-electron chi connectivity index (χ4n) is 2.02. The highest BCUT2D eigenvalue weighted by molar-refractivity contribution is 5.80. The average Bonchev–Trinajstić information content (AvgIpc) is 2.39. The Bertz CT molecular complexity index is 265. The lowest BCUT2D eigenvalue weighted by atomic mass is 9.96. The summed E-state index contributed by atoms with van der Waals surface area (Å²) in [7, 11) is 0. The minimum absolute atomic E-state index is 0.0808. The van der Waals surface area contributed by atoms with Gasteiger partial charge in [0.2, 0.25) is 5.91 Å². The molecule has 0 radical (unpaired) electrons. The van der Waals surface area contributed by atoms with Gasteiger partial charge in [-0.05, 0) is 33.1 Å². The molecule has 0 aliphatic carbocycles. The standard InChI is InChI=1S/C13H26N2O3/c1-4-10(2)15-12(16)11(3)18-13(8-14)6-5-7-17-9-13/h10-11H,4-9,14H2,1-3H3,(H,15,16). The molecule has 0 spiro atoms. The summed E-state index contributed by atoms with van der Waals surface area (Å²) in [4.78, 5) is 11.9. The molecule has 1 saturated heterocycles. The van der Waals surface area contributed by atoms with Crippen molar-refractivity contribution in [3.63, 3.8) is 0 Å². The van der Waals surface area contributed by atoms with Crippen LogP contribution < -0.4 is 11.1 Å². The van der Waals surface area contributed by atoms with Crippen molar-refractivity contribution < 1.29 is 14.3 Å². The first-order valence-corrected chi connectivity index (χ1v) is 6.79. The van der Waals surface area contributed by atoms with Gasteiger partial charge >= 0.3 is 0 Å². The molecule has 1 fully saturated rings. The van der Waals surface area contributed by atoms with Crippen molar-refractivity contribution in [2.45, 2.75) is 57.8 Å². The molecule has 0 bridgehead atoms. The molecule has 0 saturated carbocycles. The Kier molecular flexibility index (Phi) is 6.05. The number of nitrogens with one attached hydrogen (secondary N) is 1. The number of hydrogen-bond acceptors (Lipinski definition) is 4. The minimum atomic E-state index is -0.496. The molecule has 3 atom stereocenters. The Hall–Kier alpha value is -0.650. The molecule has 1 rings (SSSR count). The molecule has 1 amide bonds. The summed E-state index contributed by atoms with van der Waals surface area (Å²) in [6.45, 7) is 7.39. The molecule has 1 heterocycles. The van der Waals surface area contributed by atoms with Crippen molar-refractivity contribution in [2.24, 2.45) is 5.73 Å². The van der Waals surface area contributed by atoms with E-state index in [-0.39, 0.29) is 11.9 Å². The maximum absolute atomic E-state index is 11.9. The lowest BCUT2D eigenvalue weighted by Gasteiger charge is -2.37. The van der Waals surface area contributed by atoms with E-state index in [2.05, 4.69) is 5.32 Å². The van der Waals surface area contributed by atoms with E-state index in [9.17, 15) is 4.79 Å². The van der Waals surface area contributed by atoms with E-state index in [1.807, 2.05) is 13.8 Å². The van der Waals surface area contributed by atoms with Gasteiger partial charge in [0.05, 0.1) is 6.61 Å². The highest BCUT2D eigenvalue weighted by Gasteiger charge is 2.35. The summed E-state index contributed by atoms with van der Waals surface area (Å²) in [5.74, 6) is -0.0808. The van der Waals surface area contributed by atoms with Crippen molar-refractivity contribution in [1.82, 2.24) is 5.32 Å². The van der Waals surface area contributed by atoms with Crippen LogP contribution in [0.5, 0.6) is 0 Å². The molecule has 3 unspecified atom stereocenters. The third-order valence-corrected chi connectivity index (χ3v) is 3.46. The second kappa shape index (κ2) is 7.07. The number of rotatable bonds is 6. The van der Waals surface area contributed by atoms with Gasteiger partial charge in [-0.25, -0.2) is 0 Å². The van der Waals surface area contributed by atoms with Crippen molar-refractivity contribution in [1.29, 1.82) is 0 Å². The van der Waals surface area contributed by atoms with Gasteiger partial charge in [-0.3, -0.25) is 4.79 Å². The Morgan fingerprint density at radius 3 is 2.78 bits per heavy atom. The molecule has 5 heteroatoms. The summed E-state index contributed by atoms with van der Waals surface area (Å²) in [5.41, 5.74) is 5.28. The zero-order valence-electron chi connectivity index (χ0n) is 11.7. The summed E-state index contributed by atoms with van der Waals surface area (Å²) >= 11 is 0. The first-order valence-electron chi connectivity index (χ1n) is 6.79. The van der Waals surface area contributed by atoms with E-state index in [1.54, 1.807) is 6.92 Å². The normalized spacial score (nSPS) is 27.6. The molecular weight excluding hydrogens is 232 g/mol. The fraction of sp³-hybridized carbons (Fsp3) is 0.923. The molecule has 106 valence electrons. The zero-order valence-corrected chi connectivity index (χ0v) is 11.7. The van der Waals surface area contributed by atoms with E-state index in [0.717, 1.165) is 25.9 Å². The third kappa shape index (κ3) is 4.23. The SMILES string of the molecule is CCC(C)NC(=O)C(C)OC1(CN)CCCOC1. The van der Waals surface area contributed by atoms with Gasteiger partial charge in [-0.15, -0.1) is 0 Å². The number of ether oxygens (including phenoxy) is 2. The van der Waals surface area contributed by atoms with Crippen LogP contribution in [0.2, 0.25) is 0 Å². The van der Waals surface area contributed by atoms with E-state index in [1.165, 1.54) is 0 Å². The summed E-state index contributed by atoms with van der Waals surface area (Å²) < 4.78 is 11.3. The summed E-state index contributed by atoms with van der Waals surface area (Å²) in [6, 6.07) is 0.167. The van der Waals surface area contributed by atoms with Crippen LogP contribution in [0.1, 0.15) is 40.0 Å².